The Hall–Kier alpha value is -0.770. The molecule has 0 amide bonds. The number of carbonyl (C=O) groups is 2. The van der Waals surface area contributed by atoms with Crippen LogP contribution in [0, 0.1) is 11.8 Å². The van der Waals surface area contributed by atoms with Gasteiger partial charge < -0.3 is 9.84 Å². The summed E-state index contributed by atoms with van der Waals surface area (Å²) in [6.07, 6.45) is 0.373. The van der Waals surface area contributed by atoms with Gasteiger partial charge in [-0.25, -0.2) is 0 Å². The topological polar surface area (TPSA) is 63.6 Å². The van der Waals surface area contributed by atoms with E-state index in [0.29, 0.717) is 6.42 Å². The predicted molar refractivity (Wildman–Crippen MR) is 40.6 cm³/mol. The van der Waals surface area contributed by atoms with Crippen LogP contribution in [0.4, 0.5) is 0 Å². The zero-order valence-corrected chi connectivity index (χ0v) is 7.25. The third-order valence-electron chi connectivity index (χ3n) is 1.69. The molecule has 1 fully saturated rings. The molecule has 0 heterocycles. The highest BCUT2D eigenvalue weighted by Crippen LogP contribution is 2.39. The molecule has 0 spiro atoms. The maximum atomic E-state index is 11.0. The molecule has 3 unspecified atom stereocenters. The first-order chi connectivity index (χ1) is 5.52. The Balaban J connectivity index is 2.33. The quantitative estimate of drug-likeness (QED) is 0.532. The van der Waals surface area contributed by atoms with E-state index in [1.54, 1.807) is 0 Å². The summed E-state index contributed by atoms with van der Waals surface area (Å²) in [4.78, 5) is 21.3. The predicted octanol–water partition coefficient (Wildman–Crippen LogP) is 0.835. The van der Waals surface area contributed by atoms with Crippen molar-refractivity contribution in [1.82, 2.24) is 0 Å². The molecule has 0 radical (unpaired) electrons. The molecule has 3 atom stereocenters. The van der Waals surface area contributed by atoms with Crippen LogP contribution in [0.2, 0.25) is 0 Å². The van der Waals surface area contributed by atoms with Crippen molar-refractivity contribution < 1.29 is 19.4 Å². The molecule has 12 heavy (non-hydrogen) atoms. The lowest BCUT2D eigenvalue weighted by molar-refractivity contribution is -0.149. The lowest BCUT2D eigenvalue weighted by Gasteiger charge is -2.04. The number of esters is 1. The molecule has 4 nitrogen and oxygen atoms in total. The minimum absolute atomic E-state index is 0.373. The smallest absolute Gasteiger partial charge is 0.311 e. The van der Waals surface area contributed by atoms with Crippen LogP contribution < -0.4 is 0 Å². The van der Waals surface area contributed by atoms with Crippen molar-refractivity contribution >= 4 is 23.5 Å². The molecule has 5 heteroatoms. The fourth-order valence-corrected chi connectivity index (χ4v) is 1.06. The largest absolute Gasteiger partial charge is 0.481 e. The van der Waals surface area contributed by atoms with E-state index in [1.165, 1.54) is 6.92 Å². The minimum atomic E-state index is -0.945. The Morgan fingerprint density at radius 1 is 1.58 bits per heavy atom. The molecule has 0 aromatic carbocycles. The Labute approximate surface area is 74.5 Å². The fourth-order valence-electron chi connectivity index (χ4n) is 0.976. The van der Waals surface area contributed by atoms with Crippen LogP contribution >= 0.6 is 11.6 Å². The average Bonchev–Trinajstić information content (AvgIpc) is 2.61. The van der Waals surface area contributed by atoms with Crippen molar-refractivity contribution in [1.29, 1.82) is 0 Å². The van der Waals surface area contributed by atoms with Gasteiger partial charge in [-0.3, -0.25) is 9.59 Å². The highest BCUT2D eigenvalue weighted by Gasteiger charge is 2.49. The van der Waals surface area contributed by atoms with Gasteiger partial charge in [0.05, 0.1) is 11.8 Å². The number of rotatable bonds is 3. The zero-order chi connectivity index (χ0) is 9.30. The summed E-state index contributed by atoms with van der Waals surface area (Å²) in [6.45, 7) is 1.51. The molecule has 0 aliphatic heterocycles. The molecule has 0 aromatic heterocycles. The summed E-state index contributed by atoms with van der Waals surface area (Å²) < 4.78 is 4.62. The molecule has 1 rings (SSSR count). The van der Waals surface area contributed by atoms with Crippen molar-refractivity contribution in [3.05, 3.63) is 0 Å². The van der Waals surface area contributed by atoms with Gasteiger partial charge in [-0.2, -0.15) is 0 Å². The number of aliphatic carboxylic acids is 1. The molecular weight excluding hydrogens is 184 g/mol. The summed E-state index contributed by atoms with van der Waals surface area (Å²) in [5, 5.41) is 8.47. The normalized spacial score (nSPS) is 29.2. The summed E-state index contributed by atoms with van der Waals surface area (Å²) in [5.74, 6) is -2.50. The van der Waals surface area contributed by atoms with E-state index in [1.807, 2.05) is 0 Å². The zero-order valence-electron chi connectivity index (χ0n) is 6.49. The number of ether oxygens (including phenoxy) is 1. The Kier molecular flexibility index (Phi) is 2.57. The van der Waals surface area contributed by atoms with E-state index in [4.69, 9.17) is 16.7 Å². The monoisotopic (exact) mass is 192 g/mol. The Bertz CT molecular complexity index is 213. The van der Waals surface area contributed by atoms with Crippen LogP contribution in [0.25, 0.3) is 0 Å². The Morgan fingerprint density at radius 2 is 2.17 bits per heavy atom. The highest BCUT2D eigenvalue weighted by molar-refractivity contribution is 6.20. The lowest BCUT2D eigenvalue weighted by atomic mass is 10.3. The van der Waals surface area contributed by atoms with Crippen LogP contribution in [-0.4, -0.2) is 22.6 Å². The molecule has 0 bridgehead atoms. The van der Waals surface area contributed by atoms with E-state index in [0.717, 1.165) is 0 Å². The van der Waals surface area contributed by atoms with Crippen LogP contribution in [-0.2, 0) is 14.3 Å². The summed E-state index contributed by atoms with van der Waals surface area (Å²) >= 11 is 5.38. The van der Waals surface area contributed by atoms with Gasteiger partial charge in [-0.05, 0) is 13.3 Å². The molecule has 68 valence electrons. The third-order valence-corrected chi connectivity index (χ3v) is 1.78. The van der Waals surface area contributed by atoms with E-state index in [-0.39, 0.29) is 0 Å². The standard InChI is InChI=1S/C7H9ClO4/c1-3(8)12-7(11)5-2-4(5)6(9)10/h3-5H,2H2,1H3,(H,9,10). The second-order valence-electron chi connectivity index (χ2n) is 2.77. The van der Waals surface area contributed by atoms with Crippen LogP contribution in [0.15, 0.2) is 0 Å². The van der Waals surface area contributed by atoms with Crippen molar-refractivity contribution in [3.8, 4) is 0 Å². The molecule has 1 N–H and O–H groups in total. The molecular formula is C7H9ClO4. The number of halogens is 1. The maximum Gasteiger partial charge on any atom is 0.311 e. The van der Waals surface area contributed by atoms with Gasteiger partial charge in [-0.15, -0.1) is 0 Å². The average molecular weight is 193 g/mol. The number of alkyl halides is 1. The maximum absolute atomic E-state index is 11.0. The van der Waals surface area contributed by atoms with E-state index in [2.05, 4.69) is 4.74 Å². The van der Waals surface area contributed by atoms with E-state index >= 15 is 0 Å². The van der Waals surface area contributed by atoms with Crippen molar-refractivity contribution in [3.63, 3.8) is 0 Å². The lowest BCUT2D eigenvalue weighted by Crippen LogP contribution is -2.14. The second-order valence-corrected chi connectivity index (χ2v) is 3.38. The number of hydrogen-bond donors (Lipinski definition) is 1. The molecule has 0 aromatic rings. The summed E-state index contributed by atoms with van der Waals surface area (Å²) in [5.41, 5.74) is -0.687. The van der Waals surface area contributed by atoms with Crippen molar-refractivity contribution in [2.75, 3.05) is 0 Å². The number of carboxylic acids is 1. The number of carboxylic acid groups (broad SMARTS) is 1. The first-order valence-corrected chi connectivity index (χ1v) is 4.03. The van der Waals surface area contributed by atoms with Crippen molar-refractivity contribution in [2.24, 2.45) is 11.8 Å². The second kappa shape index (κ2) is 3.31. The van der Waals surface area contributed by atoms with E-state index < -0.39 is 29.3 Å². The van der Waals surface area contributed by atoms with Crippen molar-refractivity contribution in [2.45, 2.75) is 18.9 Å². The molecule has 1 saturated carbocycles. The summed E-state index contributed by atoms with van der Waals surface area (Å²) in [7, 11) is 0. The molecule has 1 aliphatic rings. The fraction of sp³-hybridized carbons (Fsp3) is 0.714. The van der Waals surface area contributed by atoms with E-state index in [9.17, 15) is 9.59 Å². The number of carbonyl (C=O) groups excluding carboxylic acids is 1. The molecule has 0 saturated heterocycles. The van der Waals surface area contributed by atoms with Crippen LogP contribution in [0.5, 0.6) is 0 Å². The highest BCUT2D eigenvalue weighted by atomic mass is 35.5. The van der Waals surface area contributed by atoms with Gasteiger partial charge in [0.2, 0.25) is 0 Å². The first-order valence-electron chi connectivity index (χ1n) is 3.59. The van der Waals surface area contributed by atoms with Gasteiger partial charge in [0.1, 0.15) is 0 Å². The van der Waals surface area contributed by atoms with Gasteiger partial charge >= 0.3 is 11.9 Å². The number of hydrogen-bond acceptors (Lipinski definition) is 3. The third kappa shape index (κ3) is 2.11. The van der Waals surface area contributed by atoms with Crippen LogP contribution in [0.3, 0.4) is 0 Å². The van der Waals surface area contributed by atoms with Gasteiger partial charge in [0, 0.05) is 0 Å². The van der Waals surface area contributed by atoms with Gasteiger partial charge in [0.25, 0.3) is 0 Å². The Morgan fingerprint density at radius 3 is 2.50 bits per heavy atom. The molecule has 1 aliphatic carbocycles. The van der Waals surface area contributed by atoms with Gasteiger partial charge in [-0.1, -0.05) is 11.6 Å². The van der Waals surface area contributed by atoms with Crippen LogP contribution in [0.1, 0.15) is 13.3 Å². The van der Waals surface area contributed by atoms with Gasteiger partial charge in [0.15, 0.2) is 5.56 Å². The minimum Gasteiger partial charge on any atom is -0.481 e. The SMILES string of the molecule is CC(Cl)OC(=O)C1CC1C(=O)O. The first kappa shape index (κ1) is 9.32. The summed E-state index contributed by atoms with van der Waals surface area (Å²) in [6, 6.07) is 0.